The molecular weight excluding hydrogens is 202 g/mol. The van der Waals surface area contributed by atoms with Crippen molar-refractivity contribution in [2.45, 2.75) is 53.0 Å². The Morgan fingerprint density at radius 1 is 1.40 bits per heavy atom. The molecule has 0 aromatic rings. The SMILES string of the molecule is CCSCCC(C)(CNC1CC1)C(C)C. The molecule has 0 spiro atoms. The minimum Gasteiger partial charge on any atom is -0.313 e. The van der Waals surface area contributed by atoms with Crippen LogP contribution in [0.1, 0.15) is 47.0 Å². The molecule has 0 amide bonds. The largest absolute Gasteiger partial charge is 0.313 e. The zero-order chi connectivity index (χ0) is 11.3. The Bertz CT molecular complexity index is 177. The van der Waals surface area contributed by atoms with Crippen LogP contribution in [0.2, 0.25) is 0 Å². The van der Waals surface area contributed by atoms with Crippen LogP contribution < -0.4 is 5.32 Å². The number of hydrogen-bond acceptors (Lipinski definition) is 2. The lowest BCUT2D eigenvalue weighted by Crippen LogP contribution is -2.37. The van der Waals surface area contributed by atoms with Crippen LogP contribution in [0.3, 0.4) is 0 Å². The third-order valence-electron chi connectivity index (χ3n) is 3.79. The molecule has 1 nitrogen and oxygen atoms in total. The molecule has 1 fully saturated rings. The molecular formula is C13H27NS. The van der Waals surface area contributed by atoms with Crippen LogP contribution in [0.15, 0.2) is 0 Å². The molecule has 2 heteroatoms. The molecule has 0 saturated heterocycles. The molecule has 1 N–H and O–H groups in total. The maximum absolute atomic E-state index is 3.70. The first kappa shape index (κ1) is 13.4. The Labute approximate surface area is 99.8 Å². The fourth-order valence-corrected chi connectivity index (χ4v) is 2.60. The summed E-state index contributed by atoms with van der Waals surface area (Å²) in [5.74, 6) is 3.35. The van der Waals surface area contributed by atoms with Gasteiger partial charge in [-0.05, 0) is 42.1 Å². The van der Waals surface area contributed by atoms with Crippen LogP contribution in [-0.2, 0) is 0 Å². The Morgan fingerprint density at radius 3 is 2.53 bits per heavy atom. The van der Waals surface area contributed by atoms with Crippen LogP contribution >= 0.6 is 11.8 Å². The zero-order valence-electron chi connectivity index (χ0n) is 10.8. The van der Waals surface area contributed by atoms with Crippen molar-refractivity contribution in [1.82, 2.24) is 5.32 Å². The lowest BCUT2D eigenvalue weighted by atomic mass is 9.77. The van der Waals surface area contributed by atoms with Crippen molar-refractivity contribution in [3.05, 3.63) is 0 Å². The molecule has 1 atom stereocenters. The van der Waals surface area contributed by atoms with Gasteiger partial charge >= 0.3 is 0 Å². The fourth-order valence-electron chi connectivity index (χ4n) is 1.70. The van der Waals surface area contributed by atoms with Crippen LogP contribution in [0, 0.1) is 11.3 Å². The molecule has 15 heavy (non-hydrogen) atoms. The van der Waals surface area contributed by atoms with Crippen LogP contribution in [0.5, 0.6) is 0 Å². The molecule has 1 aliphatic rings. The summed E-state index contributed by atoms with van der Waals surface area (Å²) in [6, 6.07) is 0.849. The number of thioether (sulfide) groups is 1. The van der Waals surface area contributed by atoms with E-state index in [9.17, 15) is 0 Å². The molecule has 1 aliphatic carbocycles. The number of hydrogen-bond donors (Lipinski definition) is 1. The first-order valence-electron chi connectivity index (χ1n) is 6.39. The van der Waals surface area contributed by atoms with E-state index in [-0.39, 0.29) is 0 Å². The second-order valence-electron chi connectivity index (χ2n) is 5.41. The van der Waals surface area contributed by atoms with Gasteiger partial charge in [0.05, 0.1) is 0 Å². The van der Waals surface area contributed by atoms with E-state index < -0.39 is 0 Å². The predicted molar refractivity (Wildman–Crippen MR) is 71.6 cm³/mol. The number of nitrogens with one attached hydrogen (secondary N) is 1. The highest BCUT2D eigenvalue weighted by atomic mass is 32.2. The molecule has 90 valence electrons. The summed E-state index contributed by atoms with van der Waals surface area (Å²) >= 11 is 2.07. The van der Waals surface area contributed by atoms with Gasteiger partial charge in [0.1, 0.15) is 0 Å². The molecule has 0 aromatic heterocycles. The maximum atomic E-state index is 3.70. The highest BCUT2D eigenvalue weighted by Crippen LogP contribution is 2.33. The normalized spacial score (nSPS) is 20.6. The van der Waals surface area contributed by atoms with E-state index in [1.165, 1.54) is 37.3 Å². The van der Waals surface area contributed by atoms with Crippen molar-refractivity contribution in [1.29, 1.82) is 0 Å². The van der Waals surface area contributed by atoms with Crippen LogP contribution in [0.25, 0.3) is 0 Å². The first-order valence-corrected chi connectivity index (χ1v) is 7.55. The van der Waals surface area contributed by atoms with Gasteiger partial charge in [0.15, 0.2) is 0 Å². The van der Waals surface area contributed by atoms with Gasteiger partial charge in [0, 0.05) is 12.6 Å². The molecule has 0 radical (unpaired) electrons. The summed E-state index contributed by atoms with van der Waals surface area (Å²) in [5, 5.41) is 3.70. The third-order valence-corrected chi connectivity index (χ3v) is 4.69. The molecule has 0 aliphatic heterocycles. The topological polar surface area (TPSA) is 12.0 Å². The van der Waals surface area contributed by atoms with Gasteiger partial charge < -0.3 is 5.32 Å². The van der Waals surface area contributed by atoms with Crippen molar-refractivity contribution in [2.75, 3.05) is 18.1 Å². The van der Waals surface area contributed by atoms with E-state index in [0.717, 1.165) is 12.0 Å². The molecule has 0 aromatic carbocycles. The Kier molecular flexibility index (Phi) is 5.48. The highest BCUT2D eigenvalue weighted by Gasteiger charge is 2.30. The van der Waals surface area contributed by atoms with Crippen LogP contribution in [-0.4, -0.2) is 24.1 Å². The minimum atomic E-state index is 0.491. The van der Waals surface area contributed by atoms with E-state index in [4.69, 9.17) is 0 Å². The lowest BCUT2D eigenvalue weighted by molar-refractivity contribution is 0.201. The molecule has 1 unspecified atom stereocenters. The summed E-state index contributed by atoms with van der Waals surface area (Å²) in [4.78, 5) is 0. The van der Waals surface area contributed by atoms with Crippen molar-refractivity contribution in [2.24, 2.45) is 11.3 Å². The Morgan fingerprint density at radius 2 is 2.07 bits per heavy atom. The fraction of sp³-hybridized carbons (Fsp3) is 1.00. The second kappa shape index (κ2) is 6.15. The Hall–Kier alpha value is 0.310. The van der Waals surface area contributed by atoms with Gasteiger partial charge in [-0.15, -0.1) is 0 Å². The van der Waals surface area contributed by atoms with Gasteiger partial charge in [-0.2, -0.15) is 11.8 Å². The van der Waals surface area contributed by atoms with Gasteiger partial charge in [-0.3, -0.25) is 0 Å². The van der Waals surface area contributed by atoms with E-state index in [1.807, 2.05) is 0 Å². The van der Waals surface area contributed by atoms with E-state index in [0.29, 0.717) is 5.41 Å². The smallest absolute Gasteiger partial charge is 0.00684 e. The second-order valence-corrected chi connectivity index (χ2v) is 6.80. The third kappa shape index (κ3) is 4.78. The van der Waals surface area contributed by atoms with Crippen molar-refractivity contribution < 1.29 is 0 Å². The quantitative estimate of drug-likeness (QED) is 0.639. The maximum Gasteiger partial charge on any atom is 0.00684 e. The standard InChI is InChI=1S/C13H27NS/c1-5-15-9-8-13(4,11(2)3)10-14-12-6-7-12/h11-12,14H,5-10H2,1-4H3. The molecule has 1 rings (SSSR count). The minimum absolute atomic E-state index is 0.491. The molecule has 0 bridgehead atoms. The van der Waals surface area contributed by atoms with E-state index >= 15 is 0 Å². The molecule has 0 heterocycles. The summed E-state index contributed by atoms with van der Waals surface area (Å²) in [6.07, 6.45) is 4.15. The van der Waals surface area contributed by atoms with Gasteiger partial charge in [0.25, 0.3) is 0 Å². The monoisotopic (exact) mass is 229 g/mol. The number of rotatable bonds is 8. The van der Waals surface area contributed by atoms with E-state index in [2.05, 4.69) is 44.8 Å². The van der Waals surface area contributed by atoms with Crippen molar-refractivity contribution >= 4 is 11.8 Å². The zero-order valence-corrected chi connectivity index (χ0v) is 11.6. The first-order chi connectivity index (χ1) is 7.08. The van der Waals surface area contributed by atoms with Crippen molar-refractivity contribution in [3.63, 3.8) is 0 Å². The highest BCUT2D eigenvalue weighted by molar-refractivity contribution is 7.99. The van der Waals surface area contributed by atoms with Gasteiger partial charge in [0.2, 0.25) is 0 Å². The van der Waals surface area contributed by atoms with E-state index in [1.54, 1.807) is 0 Å². The van der Waals surface area contributed by atoms with Crippen LogP contribution in [0.4, 0.5) is 0 Å². The average molecular weight is 229 g/mol. The summed E-state index contributed by atoms with van der Waals surface area (Å²) in [6.45, 7) is 10.6. The summed E-state index contributed by atoms with van der Waals surface area (Å²) < 4.78 is 0. The Balaban J connectivity index is 2.29. The van der Waals surface area contributed by atoms with Gasteiger partial charge in [-0.25, -0.2) is 0 Å². The summed E-state index contributed by atoms with van der Waals surface area (Å²) in [7, 11) is 0. The van der Waals surface area contributed by atoms with Crippen molar-refractivity contribution in [3.8, 4) is 0 Å². The van der Waals surface area contributed by atoms with Gasteiger partial charge in [-0.1, -0.05) is 27.7 Å². The molecule has 1 saturated carbocycles. The lowest BCUT2D eigenvalue weighted by Gasteiger charge is -2.34. The average Bonchev–Trinajstić information content (AvgIpc) is 2.98. The summed E-state index contributed by atoms with van der Waals surface area (Å²) in [5.41, 5.74) is 0.491. The predicted octanol–water partition coefficient (Wildman–Crippen LogP) is 3.54.